The summed E-state index contributed by atoms with van der Waals surface area (Å²) in [7, 11) is 1.99. The molecule has 3 aromatic rings. The van der Waals surface area contributed by atoms with Crippen molar-refractivity contribution >= 4 is 0 Å². The summed E-state index contributed by atoms with van der Waals surface area (Å²) >= 11 is 0. The fraction of sp³-hybridized carbons (Fsp3) is 0.476. The van der Waals surface area contributed by atoms with Gasteiger partial charge in [-0.1, -0.05) is 49.3 Å². The van der Waals surface area contributed by atoms with Crippen molar-refractivity contribution in [3.8, 4) is 11.3 Å². The molecule has 1 aliphatic rings. The molecule has 1 aromatic carbocycles. The van der Waals surface area contributed by atoms with Gasteiger partial charge in [-0.05, 0) is 25.9 Å². The molecule has 2 aromatic heterocycles. The van der Waals surface area contributed by atoms with E-state index < -0.39 is 0 Å². The third-order valence-corrected chi connectivity index (χ3v) is 5.26. The third kappa shape index (κ3) is 3.95. The molecule has 1 saturated heterocycles. The second-order valence-electron chi connectivity index (χ2n) is 7.74. The molecule has 0 aliphatic carbocycles. The van der Waals surface area contributed by atoms with Crippen LogP contribution in [0.15, 0.2) is 41.1 Å². The Morgan fingerprint density at radius 3 is 2.56 bits per heavy atom. The fourth-order valence-electron chi connectivity index (χ4n) is 3.72. The first-order valence-electron chi connectivity index (χ1n) is 9.74. The molecule has 3 heterocycles. The average molecular weight is 365 g/mol. The van der Waals surface area contributed by atoms with Gasteiger partial charge in [-0.25, -0.2) is 0 Å². The minimum absolute atomic E-state index is 0.310. The molecule has 6 nitrogen and oxygen atoms in total. The number of hydrogen-bond donors (Lipinski definition) is 0. The topological polar surface area (TPSA) is 60.0 Å². The van der Waals surface area contributed by atoms with Crippen LogP contribution < -0.4 is 0 Å². The Morgan fingerprint density at radius 2 is 1.89 bits per heavy atom. The van der Waals surface area contributed by atoms with Gasteiger partial charge in [0.15, 0.2) is 5.82 Å². The van der Waals surface area contributed by atoms with Crippen LogP contribution in [0.3, 0.4) is 0 Å². The molecule has 1 aliphatic heterocycles. The monoisotopic (exact) mass is 365 g/mol. The molecule has 1 fully saturated rings. The maximum Gasteiger partial charge on any atom is 0.229 e. The van der Waals surface area contributed by atoms with Gasteiger partial charge in [-0.2, -0.15) is 10.1 Å². The Hall–Kier alpha value is -2.47. The van der Waals surface area contributed by atoms with Gasteiger partial charge in [0.1, 0.15) is 0 Å². The first-order valence-corrected chi connectivity index (χ1v) is 9.74. The minimum atomic E-state index is 0.310. The molecule has 0 N–H and O–H groups in total. The molecule has 0 unspecified atom stereocenters. The van der Waals surface area contributed by atoms with Gasteiger partial charge in [0.05, 0.1) is 5.69 Å². The maximum absolute atomic E-state index is 5.51. The Kier molecular flexibility index (Phi) is 5.07. The van der Waals surface area contributed by atoms with E-state index in [1.54, 1.807) is 0 Å². The number of likely N-dealkylation sites (tertiary alicyclic amines) is 1. The first kappa shape index (κ1) is 17.9. The van der Waals surface area contributed by atoms with E-state index in [1.165, 1.54) is 11.1 Å². The van der Waals surface area contributed by atoms with Crippen LogP contribution >= 0.6 is 0 Å². The van der Waals surface area contributed by atoms with Crippen LogP contribution in [0.5, 0.6) is 0 Å². The van der Waals surface area contributed by atoms with Crippen LogP contribution in [-0.4, -0.2) is 37.9 Å². The zero-order chi connectivity index (χ0) is 18.8. The van der Waals surface area contributed by atoms with Crippen molar-refractivity contribution in [2.75, 3.05) is 13.1 Å². The molecule has 6 heteroatoms. The second-order valence-corrected chi connectivity index (χ2v) is 7.74. The molecule has 27 heavy (non-hydrogen) atoms. The Bertz CT molecular complexity index is 875. The van der Waals surface area contributed by atoms with Crippen molar-refractivity contribution in [2.24, 2.45) is 7.05 Å². The van der Waals surface area contributed by atoms with E-state index in [4.69, 9.17) is 4.52 Å². The predicted octanol–water partition coefficient (Wildman–Crippen LogP) is 3.97. The number of aromatic nitrogens is 4. The maximum atomic E-state index is 5.51. The van der Waals surface area contributed by atoms with Gasteiger partial charge in [0, 0.05) is 42.8 Å². The zero-order valence-corrected chi connectivity index (χ0v) is 16.3. The number of rotatable bonds is 5. The van der Waals surface area contributed by atoms with Gasteiger partial charge >= 0.3 is 0 Å². The summed E-state index contributed by atoms with van der Waals surface area (Å²) in [5.41, 5.74) is 3.54. The van der Waals surface area contributed by atoms with Crippen LogP contribution in [0.1, 0.15) is 55.8 Å². The number of nitrogens with zero attached hydrogens (tertiary/aromatic N) is 5. The number of piperidine rings is 1. The van der Waals surface area contributed by atoms with Crippen molar-refractivity contribution < 1.29 is 4.52 Å². The van der Waals surface area contributed by atoms with E-state index in [0.29, 0.717) is 11.8 Å². The quantitative estimate of drug-likeness (QED) is 0.685. The standard InChI is InChI=1S/C21H27N5O/c1-15(2)20-22-21(27-24-20)17-9-11-26(12-10-17)14-18-13-25(3)23-19(18)16-7-5-4-6-8-16/h4-8,13,15,17H,9-12,14H2,1-3H3. The normalized spacial score (nSPS) is 16.3. The highest BCUT2D eigenvalue weighted by molar-refractivity contribution is 5.62. The summed E-state index contributed by atoms with van der Waals surface area (Å²) in [6.07, 6.45) is 4.25. The lowest BCUT2D eigenvalue weighted by Gasteiger charge is -2.30. The van der Waals surface area contributed by atoms with E-state index in [2.05, 4.69) is 64.4 Å². The SMILES string of the molecule is CC(C)c1noc(C2CCN(Cc3cn(C)nc3-c3ccccc3)CC2)n1. The predicted molar refractivity (Wildman–Crippen MR) is 104 cm³/mol. The van der Waals surface area contributed by atoms with Crippen molar-refractivity contribution in [3.05, 3.63) is 53.8 Å². The van der Waals surface area contributed by atoms with Gasteiger partial charge in [0.2, 0.25) is 5.89 Å². The minimum Gasteiger partial charge on any atom is -0.339 e. The lowest BCUT2D eigenvalue weighted by atomic mass is 9.96. The molecule has 0 radical (unpaired) electrons. The summed E-state index contributed by atoms with van der Waals surface area (Å²) in [6, 6.07) is 10.4. The van der Waals surface area contributed by atoms with Gasteiger partial charge in [-0.3, -0.25) is 9.58 Å². The lowest BCUT2D eigenvalue weighted by Crippen LogP contribution is -2.32. The molecule has 4 rings (SSSR count). The molecule has 0 spiro atoms. The third-order valence-electron chi connectivity index (χ3n) is 5.26. The number of benzene rings is 1. The van der Waals surface area contributed by atoms with E-state index in [9.17, 15) is 0 Å². The highest BCUT2D eigenvalue weighted by Crippen LogP contribution is 2.30. The average Bonchev–Trinajstić information content (AvgIpc) is 3.30. The summed E-state index contributed by atoms with van der Waals surface area (Å²) in [5.74, 6) is 2.31. The highest BCUT2D eigenvalue weighted by atomic mass is 16.5. The van der Waals surface area contributed by atoms with E-state index >= 15 is 0 Å². The second kappa shape index (κ2) is 7.64. The van der Waals surface area contributed by atoms with Gasteiger partial charge in [-0.15, -0.1) is 0 Å². The smallest absolute Gasteiger partial charge is 0.229 e. The van der Waals surface area contributed by atoms with Crippen LogP contribution in [0.2, 0.25) is 0 Å². The van der Waals surface area contributed by atoms with Crippen molar-refractivity contribution in [2.45, 2.75) is 45.1 Å². The van der Waals surface area contributed by atoms with Gasteiger partial charge in [0.25, 0.3) is 0 Å². The molecule has 0 atom stereocenters. The number of hydrogen-bond acceptors (Lipinski definition) is 5. The van der Waals surface area contributed by atoms with E-state index in [-0.39, 0.29) is 0 Å². The molecular formula is C21H27N5O. The summed E-state index contributed by atoms with van der Waals surface area (Å²) < 4.78 is 7.42. The Morgan fingerprint density at radius 1 is 1.15 bits per heavy atom. The molecule has 0 amide bonds. The van der Waals surface area contributed by atoms with Crippen molar-refractivity contribution in [3.63, 3.8) is 0 Å². The molecule has 0 bridgehead atoms. The molecular weight excluding hydrogens is 338 g/mol. The fourth-order valence-corrected chi connectivity index (χ4v) is 3.72. The van der Waals surface area contributed by atoms with Crippen molar-refractivity contribution in [1.29, 1.82) is 0 Å². The molecule has 0 saturated carbocycles. The van der Waals surface area contributed by atoms with Gasteiger partial charge < -0.3 is 4.52 Å². The van der Waals surface area contributed by atoms with Crippen molar-refractivity contribution in [1.82, 2.24) is 24.8 Å². The van der Waals surface area contributed by atoms with Crippen LogP contribution in [-0.2, 0) is 13.6 Å². The Balaban J connectivity index is 1.41. The number of aryl methyl sites for hydroxylation is 1. The summed E-state index contributed by atoms with van der Waals surface area (Å²) in [4.78, 5) is 7.09. The first-order chi connectivity index (χ1) is 13.1. The van der Waals surface area contributed by atoms with Crippen LogP contribution in [0.4, 0.5) is 0 Å². The van der Waals surface area contributed by atoms with E-state index in [1.807, 2.05) is 17.8 Å². The summed E-state index contributed by atoms with van der Waals surface area (Å²) in [6.45, 7) is 7.18. The lowest BCUT2D eigenvalue weighted by molar-refractivity contribution is 0.188. The van der Waals surface area contributed by atoms with Crippen LogP contribution in [0, 0.1) is 0 Å². The largest absolute Gasteiger partial charge is 0.339 e. The highest BCUT2D eigenvalue weighted by Gasteiger charge is 2.26. The van der Waals surface area contributed by atoms with Crippen LogP contribution in [0.25, 0.3) is 11.3 Å². The Labute approximate surface area is 160 Å². The van der Waals surface area contributed by atoms with E-state index in [0.717, 1.165) is 49.9 Å². The zero-order valence-electron chi connectivity index (χ0n) is 16.3. The summed E-state index contributed by atoms with van der Waals surface area (Å²) in [5, 5.41) is 8.80. The molecule has 142 valence electrons.